The minimum absolute atomic E-state index is 0.0175. The van der Waals surface area contributed by atoms with Gasteiger partial charge < -0.3 is 14.5 Å². The van der Waals surface area contributed by atoms with E-state index in [0.29, 0.717) is 31.1 Å². The second kappa shape index (κ2) is 7.83. The van der Waals surface area contributed by atoms with Gasteiger partial charge in [-0.1, -0.05) is 24.3 Å². The zero-order chi connectivity index (χ0) is 20.4. The van der Waals surface area contributed by atoms with Crippen LogP contribution in [0.1, 0.15) is 6.42 Å². The van der Waals surface area contributed by atoms with Crippen molar-refractivity contribution in [3.8, 4) is 5.75 Å². The molecule has 0 radical (unpaired) electrons. The molecule has 2 saturated heterocycles. The fourth-order valence-electron chi connectivity index (χ4n) is 4.10. The summed E-state index contributed by atoms with van der Waals surface area (Å²) in [5, 5.41) is 0. The van der Waals surface area contributed by atoms with E-state index in [-0.39, 0.29) is 36.3 Å². The molecule has 2 aliphatic rings. The fourth-order valence-corrected chi connectivity index (χ4v) is 4.10. The van der Waals surface area contributed by atoms with Gasteiger partial charge in [-0.3, -0.25) is 14.5 Å². The third-order valence-electron chi connectivity index (χ3n) is 5.85. The lowest BCUT2D eigenvalue weighted by molar-refractivity contribution is -0.133. The molecule has 2 amide bonds. The highest BCUT2D eigenvalue weighted by atomic mass is 19.1. The van der Waals surface area contributed by atoms with Gasteiger partial charge in [0.1, 0.15) is 11.6 Å². The van der Waals surface area contributed by atoms with Gasteiger partial charge in [-0.05, 0) is 43.8 Å². The number of hydrogen-bond acceptors (Lipinski definition) is 4. The van der Waals surface area contributed by atoms with Crippen molar-refractivity contribution in [3.63, 3.8) is 0 Å². The summed E-state index contributed by atoms with van der Waals surface area (Å²) in [7, 11) is 1.91. The molecule has 1 unspecified atom stereocenters. The van der Waals surface area contributed by atoms with Gasteiger partial charge in [-0.25, -0.2) is 4.39 Å². The Labute approximate surface area is 169 Å². The first-order chi connectivity index (χ1) is 14.0. The number of ether oxygens (including phenoxy) is 1. The molecule has 2 aromatic rings. The maximum Gasteiger partial charge on any atom is 0.260 e. The van der Waals surface area contributed by atoms with Gasteiger partial charge in [0.2, 0.25) is 5.91 Å². The van der Waals surface area contributed by atoms with E-state index in [1.165, 1.54) is 12.1 Å². The molecule has 29 heavy (non-hydrogen) atoms. The molecule has 2 heterocycles. The highest BCUT2D eigenvalue weighted by molar-refractivity contribution is 5.96. The SMILES string of the molecule is CN1CC(=O)N(c2cccc(F)c2)CC12CCN(C(=O)COc1ccccc1)C2. The summed E-state index contributed by atoms with van der Waals surface area (Å²) < 4.78 is 19.3. The van der Waals surface area contributed by atoms with Crippen LogP contribution in [0.3, 0.4) is 0 Å². The molecule has 4 rings (SSSR count). The number of carbonyl (C=O) groups is 2. The molecule has 6 nitrogen and oxygen atoms in total. The molecule has 152 valence electrons. The average Bonchev–Trinajstić information content (AvgIpc) is 3.15. The van der Waals surface area contributed by atoms with Crippen molar-refractivity contribution in [3.05, 3.63) is 60.4 Å². The minimum Gasteiger partial charge on any atom is -0.484 e. The lowest BCUT2D eigenvalue weighted by Crippen LogP contribution is -2.64. The second-order valence-electron chi connectivity index (χ2n) is 7.71. The maximum atomic E-state index is 13.7. The van der Waals surface area contributed by atoms with Crippen LogP contribution in [0.15, 0.2) is 54.6 Å². The first kappa shape index (κ1) is 19.4. The smallest absolute Gasteiger partial charge is 0.260 e. The van der Waals surface area contributed by atoms with Gasteiger partial charge in [0.05, 0.1) is 12.1 Å². The molecule has 0 bridgehead atoms. The van der Waals surface area contributed by atoms with Crippen molar-refractivity contribution in [1.29, 1.82) is 0 Å². The maximum absolute atomic E-state index is 13.7. The van der Waals surface area contributed by atoms with E-state index in [4.69, 9.17) is 4.74 Å². The number of amides is 2. The number of piperazine rings is 1. The van der Waals surface area contributed by atoms with Crippen molar-refractivity contribution in [2.24, 2.45) is 0 Å². The molecule has 0 aliphatic carbocycles. The van der Waals surface area contributed by atoms with Gasteiger partial charge in [-0.2, -0.15) is 0 Å². The van der Waals surface area contributed by atoms with Crippen LogP contribution in [-0.2, 0) is 9.59 Å². The Morgan fingerprint density at radius 3 is 2.69 bits per heavy atom. The zero-order valence-electron chi connectivity index (χ0n) is 16.4. The van der Waals surface area contributed by atoms with Gasteiger partial charge in [-0.15, -0.1) is 0 Å². The van der Waals surface area contributed by atoms with E-state index < -0.39 is 0 Å². The van der Waals surface area contributed by atoms with E-state index in [2.05, 4.69) is 0 Å². The summed E-state index contributed by atoms with van der Waals surface area (Å²) in [6, 6.07) is 15.3. The zero-order valence-corrected chi connectivity index (χ0v) is 16.4. The summed E-state index contributed by atoms with van der Waals surface area (Å²) in [6.45, 7) is 1.76. The number of hydrogen-bond donors (Lipinski definition) is 0. The van der Waals surface area contributed by atoms with Crippen LogP contribution in [0, 0.1) is 5.82 Å². The molecule has 7 heteroatoms. The number of benzene rings is 2. The van der Waals surface area contributed by atoms with Crippen LogP contribution in [0.25, 0.3) is 0 Å². The summed E-state index contributed by atoms with van der Waals surface area (Å²) in [5.74, 6) is 0.145. The molecule has 2 aromatic carbocycles. The summed E-state index contributed by atoms with van der Waals surface area (Å²) in [6.07, 6.45) is 0.750. The van der Waals surface area contributed by atoms with Crippen LogP contribution in [0.2, 0.25) is 0 Å². The van der Waals surface area contributed by atoms with Crippen LogP contribution < -0.4 is 9.64 Å². The molecule has 2 aliphatic heterocycles. The summed E-state index contributed by atoms with van der Waals surface area (Å²) in [5.41, 5.74) is 0.211. The normalized spacial score (nSPS) is 22.3. The van der Waals surface area contributed by atoms with E-state index >= 15 is 0 Å². The van der Waals surface area contributed by atoms with Crippen LogP contribution >= 0.6 is 0 Å². The highest BCUT2D eigenvalue weighted by Crippen LogP contribution is 2.33. The number of para-hydroxylation sites is 1. The van der Waals surface area contributed by atoms with E-state index in [1.54, 1.807) is 21.9 Å². The lowest BCUT2D eigenvalue weighted by Gasteiger charge is -2.46. The molecule has 1 spiro atoms. The quantitative estimate of drug-likeness (QED) is 0.794. The number of likely N-dealkylation sites (tertiary alicyclic amines) is 1. The second-order valence-corrected chi connectivity index (χ2v) is 7.71. The third kappa shape index (κ3) is 3.96. The number of likely N-dealkylation sites (N-methyl/N-ethyl adjacent to an activating group) is 1. The van der Waals surface area contributed by atoms with Crippen LogP contribution in [0.4, 0.5) is 10.1 Å². The van der Waals surface area contributed by atoms with Crippen molar-refractivity contribution in [2.75, 3.05) is 44.7 Å². The van der Waals surface area contributed by atoms with Crippen LogP contribution in [-0.4, -0.2) is 67.0 Å². The number of anilines is 1. The number of rotatable bonds is 4. The average molecular weight is 397 g/mol. The van der Waals surface area contributed by atoms with E-state index in [1.807, 2.05) is 42.3 Å². The molecule has 0 aromatic heterocycles. The largest absolute Gasteiger partial charge is 0.484 e. The number of halogens is 1. The third-order valence-corrected chi connectivity index (χ3v) is 5.85. The van der Waals surface area contributed by atoms with Crippen molar-refractivity contribution >= 4 is 17.5 Å². The predicted octanol–water partition coefficient (Wildman–Crippen LogP) is 2.15. The van der Waals surface area contributed by atoms with Crippen molar-refractivity contribution < 1.29 is 18.7 Å². The van der Waals surface area contributed by atoms with Crippen molar-refractivity contribution in [2.45, 2.75) is 12.0 Å². The Morgan fingerprint density at radius 2 is 1.93 bits per heavy atom. The Morgan fingerprint density at radius 1 is 1.14 bits per heavy atom. The molecule has 2 fully saturated rings. The lowest BCUT2D eigenvalue weighted by atomic mass is 9.92. The van der Waals surface area contributed by atoms with Gasteiger partial charge in [0.25, 0.3) is 5.91 Å². The minimum atomic E-state index is -0.371. The first-order valence-electron chi connectivity index (χ1n) is 9.70. The Bertz CT molecular complexity index is 907. The Hall–Kier alpha value is -2.93. The van der Waals surface area contributed by atoms with Crippen LogP contribution in [0.5, 0.6) is 5.75 Å². The molecule has 0 N–H and O–H groups in total. The Kier molecular flexibility index (Phi) is 5.24. The standard InChI is InChI=1S/C22H24FN3O3/c1-24-13-20(27)26(18-7-5-6-17(23)12-18)16-22(24)10-11-25(15-22)21(28)14-29-19-8-3-2-4-9-19/h2-9,12H,10-11,13-16H2,1H3. The number of nitrogens with zero attached hydrogens (tertiary/aromatic N) is 3. The molecular formula is C22H24FN3O3. The number of carbonyl (C=O) groups excluding carboxylic acids is 2. The predicted molar refractivity (Wildman–Crippen MR) is 107 cm³/mol. The summed E-state index contributed by atoms with van der Waals surface area (Å²) >= 11 is 0. The molecule has 1 atom stereocenters. The van der Waals surface area contributed by atoms with Gasteiger partial charge >= 0.3 is 0 Å². The molecule has 0 saturated carbocycles. The topological polar surface area (TPSA) is 53.1 Å². The van der Waals surface area contributed by atoms with Crippen molar-refractivity contribution in [1.82, 2.24) is 9.80 Å². The Balaban J connectivity index is 1.44. The van der Waals surface area contributed by atoms with E-state index in [0.717, 1.165) is 6.42 Å². The van der Waals surface area contributed by atoms with E-state index in [9.17, 15) is 14.0 Å². The molecular weight excluding hydrogens is 373 g/mol. The first-order valence-corrected chi connectivity index (χ1v) is 9.70. The summed E-state index contributed by atoms with van der Waals surface area (Å²) in [4.78, 5) is 30.7. The fraction of sp³-hybridized carbons (Fsp3) is 0.364. The van der Waals surface area contributed by atoms with Gasteiger partial charge in [0, 0.05) is 25.3 Å². The van der Waals surface area contributed by atoms with Gasteiger partial charge in [0.15, 0.2) is 6.61 Å². The monoisotopic (exact) mass is 397 g/mol. The highest BCUT2D eigenvalue weighted by Gasteiger charge is 2.48.